The third-order valence-electron chi connectivity index (χ3n) is 14.7. The van der Waals surface area contributed by atoms with Crippen LogP contribution < -0.4 is 21.3 Å². The van der Waals surface area contributed by atoms with Gasteiger partial charge in [0.1, 0.15) is 0 Å². The van der Waals surface area contributed by atoms with E-state index in [-0.39, 0.29) is 12.1 Å². The zero-order valence-electron chi connectivity index (χ0n) is 40.1. The van der Waals surface area contributed by atoms with Crippen LogP contribution >= 0.6 is 11.8 Å². The topological polar surface area (TPSA) is 55.8 Å². The van der Waals surface area contributed by atoms with Crippen LogP contribution in [0.15, 0.2) is 228 Å². The molecule has 0 aliphatic carbocycles. The molecule has 0 radical (unpaired) electrons. The van der Waals surface area contributed by atoms with Crippen LogP contribution in [0.1, 0.15) is 37.5 Å². The minimum absolute atomic E-state index is 0.0213. The highest BCUT2D eigenvalue weighted by atomic mass is 32.2. The van der Waals surface area contributed by atoms with Crippen molar-refractivity contribution in [2.75, 3.05) is 4.90 Å². The number of benzene rings is 10. The Morgan fingerprint density at radius 2 is 1.01 bits per heavy atom. The SMILES string of the molecule is CC(C)(C)c1ccc2c(c1)c1ccccc1n2-c1cc2c3c(c1)N(c1c(-c4ccc(C#N)cc4)cccc1-c1ccc(C#N)cc1)c1cc(-c4ccccc4)ccc1B3c1ccc(-c3ccccc3)cc1S2. The molecule has 1 aromatic heterocycles. The van der Waals surface area contributed by atoms with Crippen molar-refractivity contribution >= 4 is 73.7 Å². The van der Waals surface area contributed by atoms with Gasteiger partial charge >= 0.3 is 0 Å². The lowest BCUT2D eigenvalue weighted by atomic mass is 9.34. The quantitative estimate of drug-likeness (QED) is 0.156. The van der Waals surface area contributed by atoms with Crippen LogP contribution in [0.4, 0.5) is 17.1 Å². The van der Waals surface area contributed by atoms with Gasteiger partial charge in [-0.05, 0) is 122 Å². The molecule has 338 valence electrons. The first-order chi connectivity index (χ1) is 35.2. The van der Waals surface area contributed by atoms with Gasteiger partial charge in [0, 0.05) is 48.8 Å². The van der Waals surface area contributed by atoms with Gasteiger partial charge in [-0.25, -0.2) is 0 Å². The van der Waals surface area contributed by atoms with Crippen molar-refractivity contribution in [3.63, 3.8) is 0 Å². The normalized spacial score (nSPS) is 12.5. The highest BCUT2D eigenvalue weighted by Gasteiger charge is 2.43. The molecular weight excluding hydrogens is 892 g/mol. The Morgan fingerprint density at radius 1 is 0.444 bits per heavy atom. The minimum Gasteiger partial charge on any atom is -0.310 e. The van der Waals surface area contributed by atoms with Crippen LogP contribution in [-0.2, 0) is 5.41 Å². The molecule has 13 rings (SSSR count). The van der Waals surface area contributed by atoms with Gasteiger partial charge in [0.2, 0.25) is 6.71 Å². The fourth-order valence-corrected chi connectivity index (χ4v) is 12.4. The van der Waals surface area contributed by atoms with E-state index in [0.29, 0.717) is 11.1 Å². The lowest BCUT2D eigenvalue weighted by Gasteiger charge is -2.42. The Kier molecular flexibility index (Phi) is 10.2. The first-order valence-corrected chi connectivity index (χ1v) is 25.3. The van der Waals surface area contributed by atoms with Crippen LogP contribution in [0, 0.1) is 22.7 Å². The van der Waals surface area contributed by atoms with E-state index in [0.717, 1.165) is 67.2 Å². The fraction of sp³-hybridized carbons (Fsp3) is 0.0606. The smallest absolute Gasteiger partial charge is 0.249 e. The summed E-state index contributed by atoms with van der Waals surface area (Å²) in [5, 5.41) is 22.4. The summed E-state index contributed by atoms with van der Waals surface area (Å²) in [4.78, 5) is 5.00. The van der Waals surface area contributed by atoms with Crippen molar-refractivity contribution in [2.45, 2.75) is 36.0 Å². The van der Waals surface area contributed by atoms with Crippen LogP contribution in [0.3, 0.4) is 0 Å². The van der Waals surface area contributed by atoms with Crippen molar-refractivity contribution in [1.29, 1.82) is 10.5 Å². The predicted octanol–water partition coefficient (Wildman–Crippen LogP) is 15.3. The van der Waals surface area contributed by atoms with Gasteiger partial charge in [-0.2, -0.15) is 10.5 Å². The highest BCUT2D eigenvalue weighted by molar-refractivity contribution is 8.00. The van der Waals surface area contributed by atoms with Gasteiger partial charge in [0.25, 0.3) is 0 Å². The molecule has 6 heteroatoms. The zero-order chi connectivity index (χ0) is 48.7. The van der Waals surface area contributed by atoms with Crippen molar-refractivity contribution in [2.24, 2.45) is 0 Å². The molecule has 0 spiro atoms. The third kappa shape index (κ3) is 7.06. The minimum atomic E-state index is -0.0749. The second-order valence-electron chi connectivity index (χ2n) is 19.9. The number of rotatable bonds is 6. The van der Waals surface area contributed by atoms with Gasteiger partial charge in [-0.3, -0.25) is 0 Å². The maximum Gasteiger partial charge on any atom is 0.249 e. The summed E-state index contributed by atoms with van der Waals surface area (Å²) in [6, 6.07) is 83.4. The van der Waals surface area contributed by atoms with E-state index in [2.05, 4.69) is 237 Å². The Labute approximate surface area is 424 Å². The Balaban J connectivity index is 1.16. The number of hydrogen-bond donors (Lipinski definition) is 0. The molecule has 0 amide bonds. The Morgan fingerprint density at radius 3 is 1.64 bits per heavy atom. The summed E-state index contributed by atoms with van der Waals surface area (Å²) in [6.07, 6.45) is 0. The second kappa shape index (κ2) is 17.0. The maximum atomic E-state index is 9.95. The number of anilines is 3. The Bertz CT molecular complexity index is 3990. The van der Waals surface area contributed by atoms with Gasteiger partial charge < -0.3 is 9.47 Å². The number of para-hydroxylation sites is 2. The van der Waals surface area contributed by atoms with Crippen molar-refractivity contribution in [3.8, 4) is 62.3 Å². The molecule has 3 heterocycles. The standard InChI is InChI=1S/C66H45BN4S/c1-66(2,3)50-31-34-59-55(37-50)54-17-10-11-20-58(54)70(59)51-38-61-64-63(39-51)72-62-36-49(45-15-8-5-9-16-45)30-33-57(62)67(64)56-32-29-48(44-13-6-4-7-14-44)35-60(56)71(61)65-52(46-25-21-42(40-68)22-26-46)18-12-19-53(65)47-27-23-43(41-69)24-28-47/h4-39H,1-3H3. The number of nitrogens with zero attached hydrogens (tertiary/aromatic N) is 4. The van der Waals surface area contributed by atoms with E-state index < -0.39 is 0 Å². The number of nitriles is 2. The largest absolute Gasteiger partial charge is 0.310 e. The van der Waals surface area contributed by atoms with Crippen LogP contribution in [-0.4, -0.2) is 11.3 Å². The first-order valence-electron chi connectivity index (χ1n) is 24.5. The van der Waals surface area contributed by atoms with E-state index in [1.54, 1.807) is 0 Å². The third-order valence-corrected chi connectivity index (χ3v) is 15.8. The van der Waals surface area contributed by atoms with Crippen LogP contribution in [0.25, 0.3) is 72.0 Å². The summed E-state index contributed by atoms with van der Waals surface area (Å²) >= 11 is 1.87. The molecule has 0 fully saturated rings. The van der Waals surface area contributed by atoms with Crippen molar-refractivity contribution in [3.05, 3.63) is 235 Å². The molecule has 0 N–H and O–H groups in total. The van der Waals surface area contributed by atoms with Crippen molar-refractivity contribution < 1.29 is 0 Å². The highest BCUT2D eigenvalue weighted by Crippen LogP contribution is 2.51. The number of aromatic nitrogens is 1. The second-order valence-corrected chi connectivity index (χ2v) is 21.0. The fourth-order valence-electron chi connectivity index (χ4n) is 11.1. The lowest BCUT2D eigenvalue weighted by Crippen LogP contribution is -2.60. The predicted molar refractivity (Wildman–Crippen MR) is 301 cm³/mol. The monoisotopic (exact) mass is 936 g/mol. The summed E-state index contributed by atoms with van der Waals surface area (Å²) < 4.78 is 2.47. The zero-order valence-corrected chi connectivity index (χ0v) is 40.9. The number of hydrogen-bond acceptors (Lipinski definition) is 4. The molecule has 0 saturated heterocycles. The molecule has 2 aliphatic rings. The van der Waals surface area contributed by atoms with Crippen LogP contribution in [0.2, 0.25) is 0 Å². The van der Waals surface area contributed by atoms with Gasteiger partial charge in [-0.1, -0.05) is 190 Å². The summed E-state index contributed by atoms with van der Waals surface area (Å²) in [5.74, 6) is 0. The molecule has 10 aromatic carbocycles. The molecule has 0 unspecified atom stereocenters. The molecule has 11 aromatic rings. The maximum absolute atomic E-state index is 9.95. The van der Waals surface area contributed by atoms with Gasteiger partial charge in [-0.15, -0.1) is 0 Å². The average Bonchev–Trinajstić information content (AvgIpc) is 3.77. The van der Waals surface area contributed by atoms with Crippen LogP contribution in [0.5, 0.6) is 0 Å². The van der Waals surface area contributed by atoms with E-state index in [9.17, 15) is 10.5 Å². The lowest BCUT2D eigenvalue weighted by molar-refractivity contribution is 0.591. The molecule has 0 atom stereocenters. The molecule has 4 nitrogen and oxygen atoms in total. The van der Waals surface area contributed by atoms with Gasteiger partial charge in [0.05, 0.1) is 40.0 Å². The molecule has 2 aliphatic heterocycles. The molecular formula is C66H45BN4S. The van der Waals surface area contributed by atoms with Gasteiger partial charge in [0.15, 0.2) is 0 Å². The van der Waals surface area contributed by atoms with E-state index in [4.69, 9.17) is 0 Å². The van der Waals surface area contributed by atoms with E-state index >= 15 is 0 Å². The average molecular weight is 937 g/mol. The molecule has 0 bridgehead atoms. The molecule has 72 heavy (non-hydrogen) atoms. The summed E-state index contributed by atoms with van der Waals surface area (Å²) in [5.41, 5.74) is 21.6. The summed E-state index contributed by atoms with van der Waals surface area (Å²) in [7, 11) is 0. The van der Waals surface area contributed by atoms with E-state index in [1.165, 1.54) is 53.6 Å². The first kappa shape index (κ1) is 43.2. The van der Waals surface area contributed by atoms with E-state index in [1.807, 2.05) is 36.0 Å². The Hall–Kier alpha value is -8.81. The number of fused-ring (bicyclic) bond motifs is 7. The van der Waals surface area contributed by atoms with Crippen molar-refractivity contribution in [1.82, 2.24) is 4.57 Å². The summed E-state index contributed by atoms with van der Waals surface area (Å²) in [6.45, 7) is 6.78. The molecule has 0 saturated carbocycles.